The summed E-state index contributed by atoms with van der Waals surface area (Å²) in [4.78, 5) is 23.8. The second-order valence-electron chi connectivity index (χ2n) is 5.25. The molecule has 1 amide bonds. The van der Waals surface area contributed by atoms with Crippen LogP contribution in [0.2, 0.25) is 5.02 Å². The molecule has 122 valence electrons. The number of rotatable bonds is 4. The molecular weight excluding hydrogens is 328 g/mol. The van der Waals surface area contributed by atoms with E-state index in [9.17, 15) is 9.59 Å². The molecule has 0 bridgehead atoms. The average molecular weight is 343 g/mol. The Balaban J connectivity index is 1.96. The molecule has 0 aliphatic heterocycles. The van der Waals surface area contributed by atoms with E-state index in [1.807, 2.05) is 26.0 Å². The van der Waals surface area contributed by atoms with E-state index >= 15 is 0 Å². The minimum absolute atomic E-state index is 0.270. The highest BCUT2D eigenvalue weighted by atomic mass is 35.5. The lowest BCUT2D eigenvalue weighted by Gasteiger charge is -2.11. The van der Waals surface area contributed by atoms with Crippen molar-refractivity contribution in [3.63, 3.8) is 0 Å². The lowest BCUT2D eigenvalue weighted by atomic mass is 10.1. The second-order valence-corrected chi connectivity index (χ2v) is 5.66. The van der Waals surface area contributed by atoms with E-state index in [4.69, 9.17) is 21.6 Å². The van der Waals surface area contributed by atoms with Crippen LogP contribution in [0.3, 0.4) is 0 Å². The maximum atomic E-state index is 11.9. The fourth-order valence-electron chi connectivity index (χ4n) is 2.14. The molecule has 0 aromatic heterocycles. The van der Waals surface area contributed by atoms with Gasteiger partial charge in [0.1, 0.15) is 0 Å². The molecule has 6 heteroatoms. The number of esters is 1. The first-order valence-corrected chi connectivity index (χ1v) is 7.52. The van der Waals surface area contributed by atoms with Crippen LogP contribution in [0.25, 0.3) is 0 Å². The number of carbonyl (C=O) groups excluding carboxylic acids is 2. The summed E-state index contributed by atoms with van der Waals surface area (Å²) in [6.07, 6.45) is 0. The van der Waals surface area contributed by atoms with Crippen molar-refractivity contribution in [1.29, 1.82) is 5.26 Å². The van der Waals surface area contributed by atoms with Gasteiger partial charge < -0.3 is 10.1 Å². The number of anilines is 1. The molecule has 2 aromatic rings. The normalized spacial score (nSPS) is 9.92. The smallest absolute Gasteiger partial charge is 0.338 e. The predicted octanol–water partition coefficient (Wildman–Crippen LogP) is 3.62. The molecule has 0 saturated heterocycles. The standard InChI is InChI=1S/C18H15ClN2O3/c1-11-7-12(2)17(15(19)8-11)21-16(22)10-24-18(23)14-5-3-13(9-20)4-6-14/h3-8H,10H2,1-2H3,(H,21,22). The number of nitrogens with zero attached hydrogens (tertiary/aromatic N) is 1. The van der Waals surface area contributed by atoms with Crippen LogP contribution in [-0.4, -0.2) is 18.5 Å². The van der Waals surface area contributed by atoms with Crippen molar-refractivity contribution in [1.82, 2.24) is 0 Å². The third kappa shape index (κ3) is 4.34. The fraction of sp³-hybridized carbons (Fsp3) is 0.167. The van der Waals surface area contributed by atoms with Crippen molar-refractivity contribution in [2.75, 3.05) is 11.9 Å². The summed E-state index contributed by atoms with van der Waals surface area (Å²) in [5, 5.41) is 11.8. The zero-order chi connectivity index (χ0) is 17.7. The maximum Gasteiger partial charge on any atom is 0.338 e. The van der Waals surface area contributed by atoms with Crippen LogP contribution in [0, 0.1) is 25.2 Å². The summed E-state index contributed by atoms with van der Waals surface area (Å²) in [6.45, 7) is 3.31. The molecule has 0 radical (unpaired) electrons. The molecular formula is C18H15ClN2O3. The number of hydrogen-bond acceptors (Lipinski definition) is 4. The second kappa shape index (κ2) is 7.62. The molecule has 2 rings (SSSR count). The number of benzene rings is 2. The number of amides is 1. The highest BCUT2D eigenvalue weighted by Gasteiger charge is 2.13. The Morgan fingerprint density at radius 1 is 1.21 bits per heavy atom. The van der Waals surface area contributed by atoms with Crippen LogP contribution in [0.4, 0.5) is 5.69 Å². The van der Waals surface area contributed by atoms with E-state index < -0.39 is 18.5 Å². The van der Waals surface area contributed by atoms with Gasteiger partial charge in [-0.3, -0.25) is 4.79 Å². The van der Waals surface area contributed by atoms with Crippen molar-refractivity contribution in [3.05, 3.63) is 63.7 Å². The van der Waals surface area contributed by atoms with Crippen molar-refractivity contribution >= 4 is 29.2 Å². The Morgan fingerprint density at radius 3 is 2.46 bits per heavy atom. The van der Waals surface area contributed by atoms with E-state index in [0.29, 0.717) is 16.3 Å². The van der Waals surface area contributed by atoms with Crippen molar-refractivity contribution in [3.8, 4) is 6.07 Å². The molecule has 1 N–H and O–H groups in total. The number of nitrogens with one attached hydrogen (secondary N) is 1. The van der Waals surface area contributed by atoms with Gasteiger partial charge in [0, 0.05) is 0 Å². The SMILES string of the molecule is Cc1cc(C)c(NC(=O)COC(=O)c2ccc(C#N)cc2)c(Cl)c1. The number of aryl methyl sites for hydroxylation is 2. The molecule has 5 nitrogen and oxygen atoms in total. The minimum atomic E-state index is -0.638. The Bertz CT molecular complexity index is 800. The van der Waals surface area contributed by atoms with E-state index in [1.54, 1.807) is 6.07 Å². The van der Waals surface area contributed by atoms with Gasteiger partial charge in [-0.2, -0.15) is 5.26 Å². The molecule has 0 heterocycles. The first-order chi connectivity index (χ1) is 11.4. The van der Waals surface area contributed by atoms with E-state index in [2.05, 4.69) is 5.32 Å². The van der Waals surface area contributed by atoms with Crippen LogP contribution in [-0.2, 0) is 9.53 Å². The van der Waals surface area contributed by atoms with Gasteiger partial charge >= 0.3 is 5.97 Å². The molecule has 24 heavy (non-hydrogen) atoms. The summed E-state index contributed by atoms with van der Waals surface area (Å²) in [5.74, 6) is -1.12. The van der Waals surface area contributed by atoms with Gasteiger partial charge in [0.15, 0.2) is 6.61 Å². The Labute approximate surface area is 144 Å². The van der Waals surface area contributed by atoms with Crippen molar-refractivity contribution in [2.24, 2.45) is 0 Å². The number of carbonyl (C=O) groups is 2. The summed E-state index contributed by atoms with van der Waals surface area (Å²) in [5.41, 5.74) is 3.02. The lowest BCUT2D eigenvalue weighted by molar-refractivity contribution is -0.119. The van der Waals surface area contributed by atoms with E-state index in [0.717, 1.165) is 11.1 Å². The van der Waals surface area contributed by atoms with E-state index in [-0.39, 0.29) is 5.56 Å². The molecule has 0 saturated carbocycles. The first kappa shape index (κ1) is 17.5. The van der Waals surface area contributed by atoms with Gasteiger partial charge in [0.25, 0.3) is 5.91 Å². The van der Waals surface area contributed by atoms with Gasteiger partial charge in [-0.15, -0.1) is 0 Å². The van der Waals surface area contributed by atoms with Gasteiger partial charge in [-0.25, -0.2) is 4.79 Å². The van der Waals surface area contributed by atoms with Crippen LogP contribution in [0.5, 0.6) is 0 Å². The zero-order valence-corrected chi connectivity index (χ0v) is 14.0. The Hall–Kier alpha value is -2.84. The summed E-state index contributed by atoms with van der Waals surface area (Å²) in [6, 6.07) is 11.5. The Kier molecular flexibility index (Phi) is 5.56. The van der Waals surface area contributed by atoms with Gasteiger partial charge in [0.2, 0.25) is 0 Å². The minimum Gasteiger partial charge on any atom is -0.452 e. The molecule has 0 aliphatic rings. The molecule has 0 spiro atoms. The maximum absolute atomic E-state index is 11.9. The van der Waals surface area contributed by atoms with Gasteiger partial charge in [-0.05, 0) is 55.3 Å². The van der Waals surface area contributed by atoms with E-state index in [1.165, 1.54) is 24.3 Å². The lowest BCUT2D eigenvalue weighted by Crippen LogP contribution is -2.21. The van der Waals surface area contributed by atoms with Crippen molar-refractivity contribution < 1.29 is 14.3 Å². The van der Waals surface area contributed by atoms with Crippen molar-refractivity contribution in [2.45, 2.75) is 13.8 Å². The zero-order valence-electron chi connectivity index (χ0n) is 13.2. The quantitative estimate of drug-likeness (QED) is 0.860. The van der Waals surface area contributed by atoms with Gasteiger partial charge in [-0.1, -0.05) is 17.7 Å². The fourth-order valence-corrected chi connectivity index (χ4v) is 2.51. The van der Waals surface area contributed by atoms with Crippen LogP contribution in [0.1, 0.15) is 27.0 Å². The summed E-state index contributed by atoms with van der Waals surface area (Å²) in [7, 11) is 0. The third-order valence-corrected chi connectivity index (χ3v) is 3.58. The molecule has 0 aliphatic carbocycles. The van der Waals surface area contributed by atoms with Gasteiger partial charge in [0.05, 0.1) is 27.9 Å². The third-order valence-electron chi connectivity index (χ3n) is 3.28. The van der Waals surface area contributed by atoms with Crippen LogP contribution < -0.4 is 5.32 Å². The van der Waals surface area contributed by atoms with Crippen LogP contribution >= 0.6 is 11.6 Å². The highest BCUT2D eigenvalue weighted by Crippen LogP contribution is 2.27. The predicted molar refractivity (Wildman–Crippen MR) is 91.0 cm³/mol. The monoisotopic (exact) mass is 342 g/mol. The number of ether oxygens (including phenoxy) is 1. The Morgan fingerprint density at radius 2 is 1.88 bits per heavy atom. The number of halogens is 1. The summed E-state index contributed by atoms with van der Waals surface area (Å²) < 4.78 is 4.96. The molecule has 0 atom stereocenters. The topological polar surface area (TPSA) is 79.2 Å². The van der Waals surface area contributed by atoms with Crippen LogP contribution in [0.15, 0.2) is 36.4 Å². The largest absolute Gasteiger partial charge is 0.452 e. The highest BCUT2D eigenvalue weighted by molar-refractivity contribution is 6.34. The summed E-state index contributed by atoms with van der Waals surface area (Å²) >= 11 is 6.12. The average Bonchev–Trinajstić information content (AvgIpc) is 2.56. The first-order valence-electron chi connectivity index (χ1n) is 7.14. The molecule has 0 fully saturated rings. The number of hydrogen-bond donors (Lipinski definition) is 1. The number of nitriles is 1. The molecule has 0 unspecified atom stereocenters. The molecule has 2 aromatic carbocycles.